The average Bonchev–Trinajstić information content (AvgIpc) is 2.53. The summed E-state index contributed by atoms with van der Waals surface area (Å²) in [6, 6.07) is 0. The van der Waals surface area contributed by atoms with E-state index in [4.69, 9.17) is 0 Å². The first-order valence-electron chi connectivity index (χ1n) is 6.51. The van der Waals surface area contributed by atoms with Crippen LogP contribution in [0.2, 0.25) is 0 Å². The van der Waals surface area contributed by atoms with Crippen molar-refractivity contribution in [2.24, 2.45) is 5.41 Å². The summed E-state index contributed by atoms with van der Waals surface area (Å²) in [4.78, 5) is 11.7. The van der Waals surface area contributed by atoms with Crippen molar-refractivity contribution in [2.75, 3.05) is 19.6 Å². The minimum Gasteiger partial charge on any atom is -0.298 e. The molecular weight excluding hydrogens is 252 g/mol. The molecule has 0 aromatic heterocycles. The number of carbonyl (C=O) groups is 1. The number of carbonyl (C=O) groups excluding carboxylic acids is 1. The van der Waals surface area contributed by atoms with Crippen LogP contribution in [0.1, 0.15) is 46.5 Å². The van der Waals surface area contributed by atoms with Gasteiger partial charge in [0.05, 0.1) is 6.54 Å². The fraction of sp³-hybridized carbons (Fsp3) is 0.917. The van der Waals surface area contributed by atoms with Crippen LogP contribution in [0.25, 0.3) is 0 Å². The van der Waals surface area contributed by atoms with Gasteiger partial charge in [0.25, 0.3) is 10.2 Å². The Bertz CT molecular complexity index is 377. The third-order valence-corrected chi connectivity index (χ3v) is 4.71. The Kier molecular flexibility index (Phi) is 5.31. The van der Waals surface area contributed by atoms with Crippen molar-refractivity contribution in [3.8, 4) is 0 Å². The molecule has 0 bridgehead atoms. The standard InChI is InChI=1S/C12H24N2O3S/c1-12(2,3)11(15)10-13-18(16,17)14-8-6-4-5-7-9-14/h13H,4-10H2,1-3H3. The largest absolute Gasteiger partial charge is 0.298 e. The number of hydrogen-bond donors (Lipinski definition) is 1. The van der Waals surface area contributed by atoms with E-state index >= 15 is 0 Å². The molecule has 18 heavy (non-hydrogen) atoms. The second kappa shape index (κ2) is 6.12. The Balaban J connectivity index is 2.56. The zero-order valence-corrected chi connectivity index (χ0v) is 12.3. The number of rotatable bonds is 4. The number of ketones is 1. The van der Waals surface area contributed by atoms with Crippen molar-refractivity contribution < 1.29 is 13.2 Å². The van der Waals surface area contributed by atoms with Crippen molar-refractivity contribution in [1.29, 1.82) is 0 Å². The third kappa shape index (κ3) is 4.66. The van der Waals surface area contributed by atoms with E-state index in [1.54, 1.807) is 20.8 Å². The number of Topliss-reactive ketones (excluding diaryl/α,β-unsaturated/α-hetero) is 1. The summed E-state index contributed by atoms with van der Waals surface area (Å²) in [5.41, 5.74) is -0.513. The maximum Gasteiger partial charge on any atom is 0.279 e. The minimum absolute atomic E-state index is 0.0964. The predicted octanol–water partition coefficient (Wildman–Crippen LogP) is 1.31. The average molecular weight is 276 g/mol. The van der Waals surface area contributed by atoms with Crippen LogP contribution in [-0.4, -0.2) is 38.1 Å². The van der Waals surface area contributed by atoms with Crippen molar-refractivity contribution in [2.45, 2.75) is 46.5 Å². The summed E-state index contributed by atoms with van der Waals surface area (Å²) in [6.07, 6.45) is 3.95. The smallest absolute Gasteiger partial charge is 0.279 e. The Hall–Kier alpha value is -0.460. The van der Waals surface area contributed by atoms with E-state index in [1.165, 1.54) is 4.31 Å². The maximum atomic E-state index is 12.0. The lowest BCUT2D eigenvalue weighted by molar-refractivity contribution is -0.125. The summed E-state index contributed by atoms with van der Waals surface area (Å²) in [5, 5.41) is 0. The van der Waals surface area contributed by atoms with Crippen LogP contribution in [-0.2, 0) is 15.0 Å². The molecule has 5 nitrogen and oxygen atoms in total. The van der Waals surface area contributed by atoms with Gasteiger partial charge in [0.15, 0.2) is 5.78 Å². The molecule has 6 heteroatoms. The lowest BCUT2D eigenvalue weighted by atomic mass is 9.91. The van der Waals surface area contributed by atoms with E-state index < -0.39 is 15.6 Å². The summed E-state index contributed by atoms with van der Waals surface area (Å²) in [7, 11) is -3.50. The van der Waals surface area contributed by atoms with Gasteiger partial charge in [0.1, 0.15) is 0 Å². The molecular formula is C12H24N2O3S. The zero-order chi connectivity index (χ0) is 13.8. The van der Waals surface area contributed by atoms with E-state index in [-0.39, 0.29) is 12.3 Å². The van der Waals surface area contributed by atoms with Crippen molar-refractivity contribution in [1.82, 2.24) is 9.03 Å². The highest BCUT2D eigenvalue weighted by Crippen LogP contribution is 2.15. The van der Waals surface area contributed by atoms with E-state index in [2.05, 4.69) is 4.72 Å². The maximum absolute atomic E-state index is 12.0. The van der Waals surface area contributed by atoms with E-state index in [9.17, 15) is 13.2 Å². The Morgan fingerprint density at radius 3 is 2.06 bits per heavy atom. The molecule has 1 rings (SSSR count). The molecule has 0 saturated carbocycles. The van der Waals surface area contributed by atoms with Gasteiger partial charge in [-0.3, -0.25) is 4.79 Å². The van der Waals surface area contributed by atoms with Crippen molar-refractivity contribution in [3.05, 3.63) is 0 Å². The monoisotopic (exact) mass is 276 g/mol. The molecule has 0 aliphatic carbocycles. The predicted molar refractivity (Wildman–Crippen MR) is 71.4 cm³/mol. The van der Waals surface area contributed by atoms with Gasteiger partial charge in [-0.1, -0.05) is 33.6 Å². The van der Waals surface area contributed by atoms with Gasteiger partial charge in [0.2, 0.25) is 0 Å². The molecule has 0 amide bonds. The van der Waals surface area contributed by atoms with E-state index in [1.807, 2.05) is 0 Å². The summed E-state index contributed by atoms with van der Waals surface area (Å²) < 4.78 is 27.9. The van der Waals surface area contributed by atoms with Gasteiger partial charge < -0.3 is 0 Å². The number of hydrogen-bond acceptors (Lipinski definition) is 3. The summed E-state index contributed by atoms with van der Waals surface area (Å²) >= 11 is 0. The first kappa shape index (κ1) is 15.6. The lowest BCUT2D eigenvalue weighted by Gasteiger charge is -2.22. The molecule has 1 aliphatic rings. The third-order valence-electron chi connectivity index (χ3n) is 3.16. The fourth-order valence-corrected chi connectivity index (χ4v) is 3.03. The Morgan fingerprint density at radius 2 is 1.61 bits per heavy atom. The molecule has 1 heterocycles. The normalized spacial score (nSPS) is 19.5. The molecule has 0 unspecified atom stereocenters. The first-order chi connectivity index (χ1) is 8.23. The molecule has 1 saturated heterocycles. The van der Waals surface area contributed by atoms with Crippen LogP contribution in [0.15, 0.2) is 0 Å². The van der Waals surface area contributed by atoms with Gasteiger partial charge >= 0.3 is 0 Å². The highest BCUT2D eigenvalue weighted by molar-refractivity contribution is 7.87. The molecule has 1 aliphatic heterocycles. The van der Waals surface area contributed by atoms with Crippen LogP contribution >= 0.6 is 0 Å². The second-order valence-electron chi connectivity index (χ2n) is 5.81. The summed E-state index contributed by atoms with van der Waals surface area (Å²) in [5.74, 6) is -0.0964. The zero-order valence-electron chi connectivity index (χ0n) is 11.5. The molecule has 106 valence electrons. The number of nitrogens with zero attached hydrogens (tertiary/aromatic N) is 1. The van der Waals surface area contributed by atoms with Gasteiger partial charge in [-0.25, -0.2) is 0 Å². The molecule has 0 spiro atoms. The molecule has 1 fully saturated rings. The van der Waals surface area contributed by atoms with Gasteiger partial charge in [-0.05, 0) is 12.8 Å². The molecule has 1 N–H and O–H groups in total. The second-order valence-corrected chi connectivity index (χ2v) is 7.57. The van der Waals surface area contributed by atoms with Crippen molar-refractivity contribution in [3.63, 3.8) is 0 Å². The highest BCUT2D eigenvalue weighted by atomic mass is 32.2. The number of nitrogens with one attached hydrogen (secondary N) is 1. The molecule has 0 aromatic rings. The highest BCUT2D eigenvalue weighted by Gasteiger charge is 2.26. The quantitative estimate of drug-likeness (QED) is 0.842. The fourth-order valence-electron chi connectivity index (χ4n) is 1.80. The van der Waals surface area contributed by atoms with Gasteiger partial charge in [-0.15, -0.1) is 0 Å². The molecule has 0 aromatic carbocycles. The SMILES string of the molecule is CC(C)(C)C(=O)CNS(=O)(=O)N1CCCCCC1. The molecule has 0 radical (unpaired) electrons. The van der Waals surface area contributed by atoms with Crippen LogP contribution in [0.5, 0.6) is 0 Å². The topological polar surface area (TPSA) is 66.5 Å². The first-order valence-corrected chi connectivity index (χ1v) is 7.95. The summed E-state index contributed by atoms with van der Waals surface area (Å²) in [6.45, 7) is 6.35. The van der Waals surface area contributed by atoms with Gasteiger partial charge in [0, 0.05) is 18.5 Å². The van der Waals surface area contributed by atoms with E-state index in [0.717, 1.165) is 25.7 Å². The Labute approximate surface area is 110 Å². The molecule has 0 atom stereocenters. The van der Waals surface area contributed by atoms with Crippen LogP contribution in [0.4, 0.5) is 0 Å². The van der Waals surface area contributed by atoms with Crippen molar-refractivity contribution >= 4 is 16.0 Å². The minimum atomic E-state index is -3.50. The van der Waals surface area contributed by atoms with Crippen LogP contribution in [0.3, 0.4) is 0 Å². The van der Waals surface area contributed by atoms with Crippen LogP contribution in [0, 0.1) is 5.41 Å². The Morgan fingerprint density at radius 1 is 1.11 bits per heavy atom. The lowest BCUT2D eigenvalue weighted by Crippen LogP contribution is -2.44. The van der Waals surface area contributed by atoms with Gasteiger partial charge in [-0.2, -0.15) is 17.4 Å². The van der Waals surface area contributed by atoms with Crippen LogP contribution < -0.4 is 4.72 Å². The van der Waals surface area contributed by atoms with E-state index in [0.29, 0.717) is 13.1 Å².